The summed E-state index contributed by atoms with van der Waals surface area (Å²) in [6, 6.07) is 5.67. The van der Waals surface area contributed by atoms with Gasteiger partial charge in [0.05, 0.1) is 7.11 Å². The minimum atomic E-state index is -0.0393. The van der Waals surface area contributed by atoms with Crippen molar-refractivity contribution in [3.05, 3.63) is 23.8 Å². The highest BCUT2D eigenvalue weighted by Crippen LogP contribution is 2.26. The third-order valence-electron chi connectivity index (χ3n) is 3.95. The number of ether oxygens (including phenoxy) is 1. The standard InChI is InChI=1S/C15H23N3O2/c1-4-17-8-9-18(10-11(17)2)15(19)14-12(16)6-5-7-13(14)20-3/h5-7,11H,4,8-10,16H2,1-3H3. The molecule has 1 unspecified atom stereocenters. The van der Waals surface area contributed by atoms with Crippen molar-refractivity contribution in [3.8, 4) is 5.75 Å². The van der Waals surface area contributed by atoms with Gasteiger partial charge >= 0.3 is 0 Å². The Kier molecular flexibility index (Phi) is 4.49. The number of carbonyl (C=O) groups excluding carboxylic acids is 1. The molecule has 2 rings (SSSR count). The Balaban J connectivity index is 2.21. The summed E-state index contributed by atoms with van der Waals surface area (Å²) in [7, 11) is 1.56. The zero-order chi connectivity index (χ0) is 14.7. The van der Waals surface area contributed by atoms with Gasteiger partial charge in [0.25, 0.3) is 5.91 Å². The molecule has 1 fully saturated rings. The first kappa shape index (κ1) is 14.7. The van der Waals surface area contributed by atoms with Crippen molar-refractivity contribution in [2.75, 3.05) is 39.0 Å². The molecule has 0 bridgehead atoms. The smallest absolute Gasteiger partial charge is 0.259 e. The Morgan fingerprint density at radius 3 is 2.80 bits per heavy atom. The molecular formula is C15H23N3O2. The Morgan fingerprint density at radius 2 is 2.20 bits per heavy atom. The summed E-state index contributed by atoms with van der Waals surface area (Å²) in [6.07, 6.45) is 0. The van der Waals surface area contributed by atoms with Gasteiger partial charge in [0, 0.05) is 31.4 Å². The zero-order valence-corrected chi connectivity index (χ0v) is 12.4. The highest BCUT2D eigenvalue weighted by molar-refractivity contribution is 6.02. The number of rotatable bonds is 3. The first-order valence-corrected chi connectivity index (χ1v) is 7.04. The molecule has 0 aromatic heterocycles. The highest BCUT2D eigenvalue weighted by atomic mass is 16.5. The van der Waals surface area contributed by atoms with Gasteiger partial charge in [-0.15, -0.1) is 0 Å². The van der Waals surface area contributed by atoms with Crippen LogP contribution in [-0.2, 0) is 0 Å². The largest absolute Gasteiger partial charge is 0.496 e. The number of methoxy groups -OCH3 is 1. The number of benzene rings is 1. The van der Waals surface area contributed by atoms with Gasteiger partial charge in [-0.25, -0.2) is 0 Å². The van der Waals surface area contributed by atoms with Crippen LogP contribution in [0.1, 0.15) is 24.2 Å². The molecule has 1 aliphatic rings. The molecule has 110 valence electrons. The van der Waals surface area contributed by atoms with Crippen molar-refractivity contribution in [3.63, 3.8) is 0 Å². The average Bonchev–Trinajstić information content (AvgIpc) is 2.46. The van der Waals surface area contributed by atoms with Crippen LogP contribution in [0, 0.1) is 0 Å². The first-order valence-electron chi connectivity index (χ1n) is 7.04. The van der Waals surface area contributed by atoms with Gasteiger partial charge in [-0.2, -0.15) is 0 Å². The lowest BCUT2D eigenvalue weighted by molar-refractivity contribution is 0.0526. The van der Waals surface area contributed by atoms with E-state index in [0.29, 0.717) is 23.0 Å². The second-order valence-corrected chi connectivity index (χ2v) is 5.15. The van der Waals surface area contributed by atoms with Crippen LogP contribution in [0.3, 0.4) is 0 Å². The van der Waals surface area contributed by atoms with E-state index in [1.165, 1.54) is 0 Å². The summed E-state index contributed by atoms with van der Waals surface area (Å²) in [6.45, 7) is 7.66. The number of hydrogen-bond acceptors (Lipinski definition) is 4. The third-order valence-corrected chi connectivity index (χ3v) is 3.95. The van der Waals surface area contributed by atoms with Crippen LogP contribution in [0.15, 0.2) is 18.2 Å². The van der Waals surface area contributed by atoms with E-state index in [2.05, 4.69) is 18.7 Å². The van der Waals surface area contributed by atoms with Crippen LogP contribution >= 0.6 is 0 Å². The number of nitrogens with two attached hydrogens (primary N) is 1. The number of likely N-dealkylation sites (N-methyl/N-ethyl adjacent to an activating group) is 1. The van der Waals surface area contributed by atoms with Crippen LogP contribution in [-0.4, -0.2) is 55.0 Å². The SMILES string of the molecule is CCN1CCN(C(=O)c2c(N)cccc2OC)CC1C. The number of nitrogen functional groups attached to an aromatic ring is 1. The van der Waals surface area contributed by atoms with E-state index in [-0.39, 0.29) is 5.91 Å². The molecule has 5 heteroatoms. The summed E-state index contributed by atoms with van der Waals surface area (Å²) in [5.74, 6) is 0.503. The Labute approximate surface area is 120 Å². The van der Waals surface area contributed by atoms with Crippen molar-refractivity contribution in [1.82, 2.24) is 9.80 Å². The predicted molar refractivity (Wildman–Crippen MR) is 80.0 cm³/mol. The van der Waals surface area contributed by atoms with Gasteiger partial charge in [-0.1, -0.05) is 13.0 Å². The highest BCUT2D eigenvalue weighted by Gasteiger charge is 2.28. The van der Waals surface area contributed by atoms with Crippen molar-refractivity contribution in [2.24, 2.45) is 0 Å². The molecule has 5 nitrogen and oxygen atoms in total. The van der Waals surface area contributed by atoms with Crippen LogP contribution in [0.5, 0.6) is 5.75 Å². The second-order valence-electron chi connectivity index (χ2n) is 5.15. The molecule has 1 atom stereocenters. The average molecular weight is 277 g/mol. The molecular weight excluding hydrogens is 254 g/mol. The topological polar surface area (TPSA) is 58.8 Å². The molecule has 0 radical (unpaired) electrons. The summed E-state index contributed by atoms with van der Waals surface area (Å²) < 4.78 is 5.27. The molecule has 1 saturated heterocycles. The maximum absolute atomic E-state index is 12.7. The lowest BCUT2D eigenvalue weighted by Gasteiger charge is -2.39. The minimum absolute atomic E-state index is 0.0393. The first-order chi connectivity index (χ1) is 9.58. The number of anilines is 1. The van der Waals surface area contributed by atoms with Gasteiger partial charge in [-0.05, 0) is 25.6 Å². The lowest BCUT2D eigenvalue weighted by atomic mass is 10.1. The molecule has 1 aromatic carbocycles. The fourth-order valence-corrected chi connectivity index (χ4v) is 2.75. The van der Waals surface area contributed by atoms with Crippen LogP contribution in [0.2, 0.25) is 0 Å². The van der Waals surface area contributed by atoms with E-state index in [4.69, 9.17) is 10.5 Å². The Bertz CT molecular complexity index is 490. The summed E-state index contributed by atoms with van der Waals surface area (Å²) >= 11 is 0. The van der Waals surface area contributed by atoms with Gasteiger partial charge in [0.2, 0.25) is 0 Å². The third kappa shape index (κ3) is 2.72. The van der Waals surface area contributed by atoms with E-state index in [0.717, 1.165) is 26.2 Å². The van der Waals surface area contributed by atoms with Gasteiger partial charge in [0.15, 0.2) is 0 Å². The fraction of sp³-hybridized carbons (Fsp3) is 0.533. The van der Waals surface area contributed by atoms with E-state index in [9.17, 15) is 4.79 Å². The Hall–Kier alpha value is -1.75. The van der Waals surface area contributed by atoms with Crippen LogP contribution in [0.4, 0.5) is 5.69 Å². The maximum Gasteiger partial charge on any atom is 0.259 e. The van der Waals surface area contributed by atoms with Gasteiger partial charge < -0.3 is 15.4 Å². The minimum Gasteiger partial charge on any atom is -0.496 e. The quantitative estimate of drug-likeness (QED) is 0.849. The summed E-state index contributed by atoms with van der Waals surface area (Å²) in [5, 5.41) is 0. The zero-order valence-electron chi connectivity index (χ0n) is 12.4. The molecule has 1 aromatic rings. The van der Waals surface area contributed by atoms with Gasteiger partial charge in [0.1, 0.15) is 11.3 Å². The number of nitrogens with zero attached hydrogens (tertiary/aromatic N) is 2. The van der Waals surface area contributed by atoms with E-state index < -0.39 is 0 Å². The van der Waals surface area contributed by atoms with Crippen molar-refractivity contribution in [1.29, 1.82) is 0 Å². The Morgan fingerprint density at radius 1 is 1.45 bits per heavy atom. The normalized spacial score (nSPS) is 19.9. The summed E-state index contributed by atoms with van der Waals surface area (Å²) in [4.78, 5) is 16.9. The molecule has 1 amide bonds. The van der Waals surface area contributed by atoms with Crippen molar-refractivity contribution < 1.29 is 9.53 Å². The molecule has 1 heterocycles. The molecule has 20 heavy (non-hydrogen) atoms. The molecule has 0 saturated carbocycles. The predicted octanol–water partition coefficient (Wildman–Crippen LogP) is 1.44. The van der Waals surface area contributed by atoms with Crippen LogP contribution < -0.4 is 10.5 Å². The number of hydrogen-bond donors (Lipinski definition) is 1. The fourth-order valence-electron chi connectivity index (χ4n) is 2.75. The maximum atomic E-state index is 12.7. The summed E-state index contributed by atoms with van der Waals surface area (Å²) in [5.41, 5.74) is 6.91. The van der Waals surface area contributed by atoms with E-state index in [1.54, 1.807) is 25.3 Å². The van der Waals surface area contributed by atoms with Crippen LogP contribution in [0.25, 0.3) is 0 Å². The van der Waals surface area contributed by atoms with Crippen molar-refractivity contribution >= 4 is 11.6 Å². The van der Waals surface area contributed by atoms with E-state index in [1.807, 2.05) is 4.90 Å². The molecule has 1 aliphatic heterocycles. The molecule has 0 spiro atoms. The van der Waals surface area contributed by atoms with E-state index >= 15 is 0 Å². The molecule has 0 aliphatic carbocycles. The molecule has 2 N–H and O–H groups in total. The monoisotopic (exact) mass is 277 g/mol. The lowest BCUT2D eigenvalue weighted by Crippen LogP contribution is -2.53. The second kappa shape index (κ2) is 6.13. The number of amides is 1. The number of carbonyl (C=O) groups is 1. The van der Waals surface area contributed by atoms with Crippen molar-refractivity contribution in [2.45, 2.75) is 19.9 Å². The number of piperazine rings is 1. The van der Waals surface area contributed by atoms with Gasteiger partial charge in [-0.3, -0.25) is 9.69 Å².